The van der Waals surface area contributed by atoms with Gasteiger partial charge in [0.2, 0.25) is 0 Å². The second-order valence-corrected chi connectivity index (χ2v) is 4.93. The van der Waals surface area contributed by atoms with E-state index in [2.05, 4.69) is 17.2 Å². The number of benzene rings is 2. The van der Waals surface area contributed by atoms with Crippen LogP contribution in [0.3, 0.4) is 0 Å². The summed E-state index contributed by atoms with van der Waals surface area (Å²) in [5, 5.41) is 6.76. The molecule has 2 rings (SSSR count). The summed E-state index contributed by atoms with van der Waals surface area (Å²) in [5.41, 5.74) is 2.60. The minimum atomic E-state index is -0.104. The first kappa shape index (κ1) is 15.1. The van der Waals surface area contributed by atoms with Crippen LogP contribution in [0.15, 0.2) is 61.2 Å². The molecule has 0 bridgehead atoms. The van der Waals surface area contributed by atoms with E-state index >= 15 is 0 Å². The van der Waals surface area contributed by atoms with Crippen molar-refractivity contribution < 1.29 is 4.79 Å². The molecular formula is C17H17ClN2O. The van der Waals surface area contributed by atoms with Gasteiger partial charge < -0.3 is 10.6 Å². The van der Waals surface area contributed by atoms with E-state index in [0.29, 0.717) is 18.7 Å². The molecule has 0 spiro atoms. The molecule has 21 heavy (non-hydrogen) atoms. The van der Waals surface area contributed by atoms with Crippen molar-refractivity contribution in [1.29, 1.82) is 0 Å². The largest absolute Gasteiger partial charge is 0.381 e. The quantitative estimate of drug-likeness (QED) is 0.795. The number of rotatable bonds is 6. The summed E-state index contributed by atoms with van der Waals surface area (Å²) in [6.45, 7) is 4.67. The Hall–Kier alpha value is -2.26. The zero-order valence-electron chi connectivity index (χ0n) is 11.6. The van der Waals surface area contributed by atoms with Crippen LogP contribution in [-0.4, -0.2) is 12.5 Å². The molecule has 0 aromatic heterocycles. The van der Waals surface area contributed by atoms with Crippen molar-refractivity contribution in [2.45, 2.75) is 6.54 Å². The molecule has 3 nitrogen and oxygen atoms in total. The maximum absolute atomic E-state index is 11.7. The van der Waals surface area contributed by atoms with E-state index in [-0.39, 0.29) is 5.91 Å². The molecule has 2 N–H and O–H groups in total. The first-order chi connectivity index (χ1) is 10.2. The zero-order valence-corrected chi connectivity index (χ0v) is 12.4. The highest BCUT2D eigenvalue weighted by molar-refractivity contribution is 6.31. The lowest BCUT2D eigenvalue weighted by Crippen LogP contribution is -2.23. The molecule has 0 fully saturated rings. The molecular weight excluding hydrogens is 284 g/mol. The highest BCUT2D eigenvalue weighted by Crippen LogP contribution is 2.17. The topological polar surface area (TPSA) is 41.1 Å². The predicted molar refractivity (Wildman–Crippen MR) is 87.8 cm³/mol. The monoisotopic (exact) mass is 300 g/mol. The third kappa shape index (κ3) is 4.36. The van der Waals surface area contributed by atoms with Gasteiger partial charge >= 0.3 is 0 Å². The highest BCUT2D eigenvalue weighted by Gasteiger charge is 2.04. The van der Waals surface area contributed by atoms with E-state index in [1.54, 1.807) is 18.2 Å². The molecule has 1 amide bonds. The summed E-state index contributed by atoms with van der Waals surface area (Å²) in [6.07, 6.45) is 1.65. The molecule has 0 atom stereocenters. The summed E-state index contributed by atoms with van der Waals surface area (Å²) in [4.78, 5) is 11.7. The number of halogens is 1. The summed E-state index contributed by atoms with van der Waals surface area (Å²) in [6, 6.07) is 15.0. The number of hydrogen-bond acceptors (Lipinski definition) is 2. The smallest absolute Gasteiger partial charge is 0.251 e. The van der Waals surface area contributed by atoms with E-state index in [9.17, 15) is 4.79 Å². The molecule has 0 unspecified atom stereocenters. The van der Waals surface area contributed by atoms with Crippen LogP contribution in [0.25, 0.3) is 0 Å². The minimum Gasteiger partial charge on any atom is -0.381 e. The van der Waals surface area contributed by atoms with Crippen LogP contribution in [0, 0.1) is 0 Å². The second-order valence-electron chi connectivity index (χ2n) is 4.52. The molecule has 0 radical (unpaired) electrons. The lowest BCUT2D eigenvalue weighted by molar-refractivity contribution is 0.0958. The van der Waals surface area contributed by atoms with Crippen LogP contribution in [0.1, 0.15) is 15.9 Å². The Bertz CT molecular complexity index is 623. The lowest BCUT2D eigenvalue weighted by atomic mass is 10.2. The van der Waals surface area contributed by atoms with Gasteiger partial charge in [0, 0.05) is 29.4 Å². The minimum absolute atomic E-state index is 0.104. The Labute approximate surface area is 129 Å². The molecule has 0 saturated heterocycles. The summed E-state index contributed by atoms with van der Waals surface area (Å²) < 4.78 is 0. The zero-order chi connectivity index (χ0) is 15.1. The Morgan fingerprint density at radius 2 is 1.86 bits per heavy atom. The number of hydrogen-bond donors (Lipinski definition) is 2. The van der Waals surface area contributed by atoms with Crippen LogP contribution in [-0.2, 0) is 6.54 Å². The highest BCUT2D eigenvalue weighted by atomic mass is 35.5. The van der Waals surface area contributed by atoms with Crippen molar-refractivity contribution in [3.8, 4) is 0 Å². The number of amides is 1. The molecule has 0 aliphatic heterocycles. The van der Waals surface area contributed by atoms with Crippen LogP contribution >= 0.6 is 11.6 Å². The summed E-state index contributed by atoms with van der Waals surface area (Å²) >= 11 is 6.10. The van der Waals surface area contributed by atoms with Crippen molar-refractivity contribution in [1.82, 2.24) is 5.32 Å². The van der Waals surface area contributed by atoms with Gasteiger partial charge in [-0.1, -0.05) is 35.9 Å². The maximum atomic E-state index is 11.7. The van der Waals surface area contributed by atoms with Crippen LogP contribution < -0.4 is 10.6 Å². The standard InChI is InChI=1S/C17H17ClN2O/c1-2-11-19-17(21)13-7-9-15(10-8-13)20-12-14-5-3-4-6-16(14)18/h2-10,20H,1,11-12H2,(H,19,21). The molecule has 0 heterocycles. The molecule has 108 valence electrons. The Morgan fingerprint density at radius 3 is 2.52 bits per heavy atom. The summed E-state index contributed by atoms with van der Waals surface area (Å²) in [7, 11) is 0. The molecule has 2 aromatic rings. The van der Waals surface area contributed by atoms with Crippen molar-refractivity contribution in [2.24, 2.45) is 0 Å². The van der Waals surface area contributed by atoms with E-state index in [1.807, 2.05) is 36.4 Å². The SMILES string of the molecule is C=CCNC(=O)c1ccc(NCc2ccccc2Cl)cc1. The van der Waals surface area contributed by atoms with Gasteiger partial charge in [-0.3, -0.25) is 4.79 Å². The van der Waals surface area contributed by atoms with E-state index < -0.39 is 0 Å². The van der Waals surface area contributed by atoms with Gasteiger partial charge in [-0.25, -0.2) is 0 Å². The average Bonchev–Trinajstić information content (AvgIpc) is 2.52. The first-order valence-electron chi connectivity index (χ1n) is 6.67. The van der Waals surface area contributed by atoms with Crippen LogP contribution in [0.2, 0.25) is 5.02 Å². The van der Waals surface area contributed by atoms with Crippen molar-refractivity contribution in [3.05, 3.63) is 77.3 Å². The van der Waals surface area contributed by atoms with Crippen molar-refractivity contribution >= 4 is 23.2 Å². The molecule has 2 aromatic carbocycles. The number of carbonyl (C=O) groups is 1. The Morgan fingerprint density at radius 1 is 1.14 bits per heavy atom. The van der Waals surface area contributed by atoms with Crippen molar-refractivity contribution in [3.63, 3.8) is 0 Å². The maximum Gasteiger partial charge on any atom is 0.251 e. The molecule has 0 aliphatic carbocycles. The molecule has 0 saturated carbocycles. The average molecular weight is 301 g/mol. The fraction of sp³-hybridized carbons (Fsp3) is 0.118. The summed E-state index contributed by atoms with van der Waals surface area (Å²) in [5.74, 6) is -0.104. The fourth-order valence-corrected chi connectivity index (χ4v) is 2.05. The lowest BCUT2D eigenvalue weighted by Gasteiger charge is -2.09. The Balaban J connectivity index is 1.95. The molecule has 0 aliphatic rings. The van der Waals surface area contributed by atoms with Gasteiger partial charge in [0.1, 0.15) is 0 Å². The normalized spacial score (nSPS) is 9.95. The van der Waals surface area contributed by atoms with Gasteiger partial charge in [-0.05, 0) is 35.9 Å². The third-order valence-corrected chi connectivity index (χ3v) is 3.36. The van der Waals surface area contributed by atoms with E-state index in [4.69, 9.17) is 11.6 Å². The van der Waals surface area contributed by atoms with Crippen LogP contribution in [0.4, 0.5) is 5.69 Å². The first-order valence-corrected chi connectivity index (χ1v) is 7.05. The van der Waals surface area contributed by atoms with Gasteiger partial charge in [0.15, 0.2) is 0 Å². The van der Waals surface area contributed by atoms with E-state index in [0.717, 1.165) is 16.3 Å². The van der Waals surface area contributed by atoms with Crippen LogP contribution in [0.5, 0.6) is 0 Å². The predicted octanol–water partition coefficient (Wildman–Crippen LogP) is 3.87. The third-order valence-electron chi connectivity index (χ3n) is 2.99. The number of carbonyl (C=O) groups excluding carboxylic acids is 1. The van der Waals surface area contributed by atoms with Crippen molar-refractivity contribution in [2.75, 3.05) is 11.9 Å². The van der Waals surface area contributed by atoms with Gasteiger partial charge in [-0.2, -0.15) is 0 Å². The second kappa shape index (κ2) is 7.50. The van der Waals surface area contributed by atoms with E-state index in [1.165, 1.54) is 0 Å². The number of nitrogens with one attached hydrogen (secondary N) is 2. The fourth-order valence-electron chi connectivity index (χ4n) is 1.85. The molecule has 4 heteroatoms. The van der Waals surface area contributed by atoms with Gasteiger partial charge in [0.25, 0.3) is 5.91 Å². The number of anilines is 1. The van der Waals surface area contributed by atoms with Gasteiger partial charge in [0.05, 0.1) is 0 Å². The Kier molecular flexibility index (Phi) is 5.41. The van der Waals surface area contributed by atoms with Gasteiger partial charge in [-0.15, -0.1) is 6.58 Å².